The molecule has 1 saturated carbocycles. The normalized spacial score (nSPS) is 15.9. The van der Waals surface area contributed by atoms with Gasteiger partial charge in [0.2, 0.25) is 0 Å². The van der Waals surface area contributed by atoms with Gasteiger partial charge in [-0.3, -0.25) is 9.59 Å². The van der Waals surface area contributed by atoms with Crippen LogP contribution in [0.5, 0.6) is 5.75 Å². The molecule has 0 spiro atoms. The van der Waals surface area contributed by atoms with Crippen LogP contribution in [0.15, 0.2) is 18.2 Å². The Morgan fingerprint density at radius 2 is 2.14 bits per heavy atom. The van der Waals surface area contributed by atoms with Gasteiger partial charge in [0.05, 0.1) is 19.1 Å². The van der Waals surface area contributed by atoms with E-state index in [1.807, 2.05) is 0 Å². The molecule has 114 valence electrons. The third kappa shape index (κ3) is 3.51. The summed E-state index contributed by atoms with van der Waals surface area (Å²) < 4.78 is 18.7. The van der Waals surface area contributed by atoms with Crippen molar-refractivity contribution < 1.29 is 23.8 Å². The summed E-state index contributed by atoms with van der Waals surface area (Å²) in [4.78, 5) is 22.9. The van der Waals surface area contributed by atoms with Crippen molar-refractivity contribution in [1.82, 2.24) is 5.32 Å². The van der Waals surface area contributed by atoms with Gasteiger partial charge >= 0.3 is 5.97 Å². The summed E-state index contributed by atoms with van der Waals surface area (Å²) >= 11 is 0. The van der Waals surface area contributed by atoms with Gasteiger partial charge in [0.25, 0.3) is 5.91 Å². The third-order valence-electron chi connectivity index (χ3n) is 3.99. The summed E-state index contributed by atoms with van der Waals surface area (Å²) in [5.41, 5.74) is -0.453. The van der Waals surface area contributed by atoms with E-state index in [2.05, 4.69) is 5.32 Å². The number of hydrogen-bond donors (Lipinski definition) is 2. The van der Waals surface area contributed by atoms with Gasteiger partial charge in [0, 0.05) is 12.6 Å². The van der Waals surface area contributed by atoms with E-state index in [0.29, 0.717) is 5.75 Å². The first kappa shape index (κ1) is 15.3. The molecule has 5 nitrogen and oxygen atoms in total. The van der Waals surface area contributed by atoms with E-state index in [-0.39, 0.29) is 23.9 Å². The van der Waals surface area contributed by atoms with Crippen LogP contribution in [0.2, 0.25) is 0 Å². The first-order valence-corrected chi connectivity index (χ1v) is 6.79. The molecule has 0 saturated heterocycles. The number of aliphatic carboxylic acids is 1. The minimum absolute atomic E-state index is 0.0262. The van der Waals surface area contributed by atoms with Gasteiger partial charge in [-0.1, -0.05) is 6.42 Å². The van der Waals surface area contributed by atoms with Gasteiger partial charge in [0.15, 0.2) is 0 Å². The summed E-state index contributed by atoms with van der Waals surface area (Å²) in [5, 5.41) is 11.6. The minimum Gasteiger partial charge on any atom is -0.497 e. The summed E-state index contributed by atoms with van der Waals surface area (Å²) in [5.74, 6) is -1.73. The van der Waals surface area contributed by atoms with E-state index in [0.717, 1.165) is 25.3 Å². The molecule has 2 N–H and O–H groups in total. The van der Waals surface area contributed by atoms with Crippen LogP contribution in [0, 0.1) is 11.2 Å². The Hall–Kier alpha value is -2.11. The van der Waals surface area contributed by atoms with E-state index in [1.165, 1.54) is 19.2 Å². The number of carboxylic acid groups (broad SMARTS) is 1. The number of ether oxygens (including phenoxy) is 1. The van der Waals surface area contributed by atoms with Crippen LogP contribution in [-0.2, 0) is 4.79 Å². The second-order valence-corrected chi connectivity index (χ2v) is 5.45. The van der Waals surface area contributed by atoms with Crippen LogP contribution >= 0.6 is 0 Å². The number of carboxylic acids is 1. The maximum atomic E-state index is 13.8. The summed E-state index contributed by atoms with van der Waals surface area (Å²) in [6.07, 6.45) is 2.52. The van der Waals surface area contributed by atoms with E-state index in [4.69, 9.17) is 9.84 Å². The number of methoxy groups -OCH3 is 1. The number of nitrogens with one attached hydrogen (secondary N) is 1. The Bertz CT molecular complexity index is 555. The first-order chi connectivity index (χ1) is 9.96. The second kappa shape index (κ2) is 6.11. The van der Waals surface area contributed by atoms with E-state index in [1.54, 1.807) is 0 Å². The molecule has 1 amide bonds. The Morgan fingerprint density at radius 1 is 1.43 bits per heavy atom. The molecule has 0 radical (unpaired) electrons. The van der Waals surface area contributed by atoms with Crippen molar-refractivity contribution in [3.8, 4) is 5.75 Å². The molecule has 6 heteroatoms. The molecule has 0 atom stereocenters. The van der Waals surface area contributed by atoms with Crippen molar-refractivity contribution in [1.29, 1.82) is 0 Å². The van der Waals surface area contributed by atoms with Gasteiger partial charge in [0.1, 0.15) is 11.6 Å². The van der Waals surface area contributed by atoms with Crippen LogP contribution in [0.3, 0.4) is 0 Å². The maximum Gasteiger partial charge on any atom is 0.303 e. The molecule has 1 fully saturated rings. The molecule has 0 aliphatic heterocycles. The van der Waals surface area contributed by atoms with Crippen molar-refractivity contribution in [2.24, 2.45) is 5.41 Å². The minimum atomic E-state index is -0.875. The molecule has 2 rings (SSSR count). The predicted octanol–water partition coefficient (Wildman–Crippen LogP) is 2.21. The fraction of sp³-hybridized carbons (Fsp3) is 0.467. The summed E-state index contributed by atoms with van der Waals surface area (Å²) in [6, 6.07) is 4.01. The van der Waals surface area contributed by atoms with Gasteiger partial charge < -0.3 is 15.2 Å². The molecule has 0 unspecified atom stereocenters. The summed E-state index contributed by atoms with van der Waals surface area (Å²) in [6.45, 7) is 0.254. The second-order valence-electron chi connectivity index (χ2n) is 5.45. The van der Waals surface area contributed by atoms with Crippen molar-refractivity contribution >= 4 is 11.9 Å². The van der Waals surface area contributed by atoms with E-state index >= 15 is 0 Å². The SMILES string of the molecule is COc1ccc(C(=O)NCC2(CC(=O)O)CCC2)c(F)c1. The topological polar surface area (TPSA) is 75.6 Å². The number of rotatable bonds is 6. The molecule has 1 aliphatic carbocycles. The number of amides is 1. The van der Waals surface area contributed by atoms with Crippen LogP contribution in [0.1, 0.15) is 36.0 Å². The first-order valence-electron chi connectivity index (χ1n) is 6.79. The standard InChI is InChI=1S/C15H18FNO4/c1-21-10-3-4-11(12(16)7-10)14(20)17-9-15(5-2-6-15)8-13(18)19/h3-4,7H,2,5-6,8-9H2,1H3,(H,17,20)(H,18,19). The average Bonchev–Trinajstić information content (AvgIpc) is 2.40. The van der Waals surface area contributed by atoms with Crippen LogP contribution < -0.4 is 10.1 Å². The van der Waals surface area contributed by atoms with Gasteiger partial charge in [-0.2, -0.15) is 0 Å². The van der Waals surface area contributed by atoms with Gasteiger partial charge in [-0.25, -0.2) is 4.39 Å². The fourth-order valence-electron chi connectivity index (χ4n) is 2.58. The van der Waals surface area contributed by atoms with Crippen LogP contribution in [-0.4, -0.2) is 30.6 Å². The van der Waals surface area contributed by atoms with Crippen molar-refractivity contribution in [3.05, 3.63) is 29.6 Å². The van der Waals surface area contributed by atoms with Crippen molar-refractivity contribution in [3.63, 3.8) is 0 Å². The van der Waals surface area contributed by atoms with Crippen molar-refractivity contribution in [2.45, 2.75) is 25.7 Å². The smallest absolute Gasteiger partial charge is 0.303 e. The zero-order valence-electron chi connectivity index (χ0n) is 11.8. The lowest BCUT2D eigenvalue weighted by molar-refractivity contribution is -0.141. The quantitative estimate of drug-likeness (QED) is 0.843. The van der Waals surface area contributed by atoms with E-state index < -0.39 is 17.7 Å². The average molecular weight is 295 g/mol. The molecule has 1 aliphatic rings. The lowest BCUT2D eigenvalue weighted by Gasteiger charge is -2.40. The molecule has 0 aromatic heterocycles. The molecular formula is C15H18FNO4. The number of carbonyl (C=O) groups is 2. The molecule has 0 heterocycles. The monoisotopic (exact) mass is 295 g/mol. The number of hydrogen-bond acceptors (Lipinski definition) is 3. The highest BCUT2D eigenvalue weighted by molar-refractivity contribution is 5.94. The Balaban J connectivity index is 2.00. The molecule has 21 heavy (non-hydrogen) atoms. The number of carbonyl (C=O) groups excluding carboxylic acids is 1. The number of halogens is 1. The predicted molar refractivity (Wildman–Crippen MR) is 73.8 cm³/mol. The van der Waals surface area contributed by atoms with Crippen LogP contribution in [0.4, 0.5) is 4.39 Å². The number of benzene rings is 1. The zero-order chi connectivity index (χ0) is 15.5. The van der Waals surface area contributed by atoms with Crippen LogP contribution in [0.25, 0.3) is 0 Å². The maximum absolute atomic E-state index is 13.8. The van der Waals surface area contributed by atoms with Gasteiger partial charge in [-0.05, 0) is 30.4 Å². The molecular weight excluding hydrogens is 277 g/mol. The molecule has 1 aromatic rings. The highest BCUT2D eigenvalue weighted by Crippen LogP contribution is 2.43. The Kier molecular flexibility index (Phi) is 4.45. The fourth-order valence-corrected chi connectivity index (χ4v) is 2.58. The molecule has 1 aromatic carbocycles. The largest absolute Gasteiger partial charge is 0.497 e. The lowest BCUT2D eigenvalue weighted by atomic mass is 9.66. The Morgan fingerprint density at radius 3 is 2.62 bits per heavy atom. The van der Waals surface area contributed by atoms with Crippen molar-refractivity contribution in [2.75, 3.05) is 13.7 Å². The Labute approximate surface area is 122 Å². The zero-order valence-corrected chi connectivity index (χ0v) is 11.8. The highest BCUT2D eigenvalue weighted by atomic mass is 19.1. The summed E-state index contributed by atoms with van der Waals surface area (Å²) in [7, 11) is 1.42. The third-order valence-corrected chi connectivity index (χ3v) is 3.99. The van der Waals surface area contributed by atoms with Gasteiger partial charge in [-0.15, -0.1) is 0 Å². The van der Waals surface area contributed by atoms with E-state index in [9.17, 15) is 14.0 Å². The lowest BCUT2D eigenvalue weighted by Crippen LogP contribution is -2.43. The highest BCUT2D eigenvalue weighted by Gasteiger charge is 2.39. The molecule has 0 bridgehead atoms.